The van der Waals surface area contributed by atoms with Gasteiger partial charge in [0.15, 0.2) is 0 Å². The fourth-order valence-electron chi connectivity index (χ4n) is 3.50. The van der Waals surface area contributed by atoms with E-state index < -0.39 is 0 Å². The highest BCUT2D eigenvalue weighted by atomic mass is 16.5. The van der Waals surface area contributed by atoms with Gasteiger partial charge in [0.25, 0.3) is 11.4 Å². The van der Waals surface area contributed by atoms with Crippen LogP contribution in [-0.2, 0) is 6.42 Å². The van der Waals surface area contributed by atoms with Crippen molar-refractivity contribution in [2.45, 2.75) is 34.1 Å². The Bertz CT molecular complexity index is 1060. The van der Waals surface area contributed by atoms with Crippen molar-refractivity contribution in [1.82, 2.24) is 4.73 Å². The molecule has 0 amide bonds. The first-order chi connectivity index (χ1) is 14.0. The molecule has 152 valence electrons. The van der Waals surface area contributed by atoms with Crippen molar-refractivity contribution < 1.29 is 13.9 Å². The summed E-state index contributed by atoms with van der Waals surface area (Å²) in [6, 6.07) is 14.6. The fourth-order valence-corrected chi connectivity index (χ4v) is 3.50. The Morgan fingerprint density at radius 1 is 0.966 bits per heavy atom. The molecule has 0 aliphatic heterocycles. The lowest BCUT2D eigenvalue weighted by Crippen LogP contribution is -2.29. The van der Waals surface area contributed by atoms with E-state index in [1.54, 1.807) is 25.1 Å². The smallest absolute Gasteiger partial charge is 0.293 e. The molecule has 2 aromatic carbocycles. The molecule has 1 aromatic heterocycles. The van der Waals surface area contributed by atoms with Crippen molar-refractivity contribution in [2.24, 2.45) is 0 Å². The van der Waals surface area contributed by atoms with Gasteiger partial charge in [-0.2, -0.15) is 0 Å². The summed E-state index contributed by atoms with van der Waals surface area (Å²) in [6.45, 7) is 8.24. The summed E-state index contributed by atoms with van der Waals surface area (Å²) >= 11 is 0. The average molecular weight is 394 g/mol. The lowest BCUT2D eigenvalue weighted by Gasteiger charge is -2.21. The second kappa shape index (κ2) is 8.82. The molecule has 0 radical (unpaired) electrons. The third kappa shape index (κ3) is 3.83. The predicted octanol–water partition coefficient (Wildman–Crippen LogP) is 4.75. The van der Waals surface area contributed by atoms with Gasteiger partial charge in [0.05, 0.1) is 40.2 Å². The number of aromatic nitrogens is 2. The maximum Gasteiger partial charge on any atom is 0.293 e. The van der Waals surface area contributed by atoms with Gasteiger partial charge in [-0.25, -0.2) is 0 Å². The van der Waals surface area contributed by atoms with Crippen LogP contribution in [0.25, 0.3) is 22.5 Å². The summed E-state index contributed by atoms with van der Waals surface area (Å²) in [5.74, 6) is 1.15. The van der Waals surface area contributed by atoms with Gasteiger partial charge in [-0.15, -0.1) is 0 Å². The van der Waals surface area contributed by atoms with Gasteiger partial charge in [0.2, 0.25) is 0 Å². The minimum atomic E-state index is 0.265. The highest BCUT2D eigenvalue weighted by Crippen LogP contribution is 2.35. The third-order valence-electron chi connectivity index (χ3n) is 4.77. The van der Waals surface area contributed by atoms with Crippen LogP contribution >= 0.6 is 0 Å². The number of benzene rings is 2. The minimum absolute atomic E-state index is 0.265. The van der Waals surface area contributed by atoms with E-state index in [9.17, 15) is 10.1 Å². The molecule has 29 heavy (non-hydrogen) atoms. The number of hydrogen-bond donors (Lipinski definition) is 0. The predicted molar refractivity (Wildman–Crippen MR) is 114 cm³/mol. The highest BCUT2D eigenvalue weighted by molar-refractivity contribution is 5.71. The molecule has 0 spiro atoms. The minimum Gasteiger partial charge on any atom is -0.805 e. The topological polar surface area (TPSA) is 69.4 Å². The molecule has 0 bridgehead atoms. The maximum absolute atomic E-state index is 13.6. The highest BCUT2D eigenvalue weighted by Gasteiger charge is 2.29. The Hall–Kier alpha value is -3.28. The van der Waals surface area contributed by atoms with Crippen LogP contribution in [0.5, 0.6) is 11.5 Å². The molecule has 0 N–H and O–H groups in total. The Morgan fingerprint density at radius 2 is 1.66 bits per heavy atom. The van der Waals surface area contributed by atoms with Crippen LogP contribution in [0, 0.1) is 17.0 Å². The third-order valence-corrected chi connectivity index (χ3v) is 4.77. The monoisotopic (exact) mass is 394 g/mol. The average Bonchev–Trinajstić information content (AvgIpc) is 2.73. The molecule has 6 nitrogen and oxygen atoms in total. The second-order valence-electron chi connectivity index (χ2n) is 6.56. The molecule has 0 fully saturated rings. The summed E-state index contributed by atoms with van der Waals surface area (Å²) in [4.78, 5) is 13.6. The summed E-state index contributed by atoms with van der Waals surface area (Å²) in [6.07, 6.45) is 0.439. The number of rotatable bonds is 7. The van der Waals surface area contributed by atoms with E-state index in [0.717, 1.165) is 9.16 Å². The van der Waals surface area contributed by atoms with Crippen LogP contribution < -0.4 is 13.9 Å². The molecule has 0 saturated carbocycles. The van der Waals surface area contributed by atoms with Crippen LogP contribution in [0.1, 0.15) is 32.2 Å². The van der Waals surface area contributed by atoms with Gasteiger partial charge in [-0.05, 0) is 57.5 Å². The Labute approximate surface area is 170 Å². The molecular formula is C23H26N2O4. The van der Waals surface area contributed by atoms with E-state index in [1.807, 2.05) is 51.1 Å². The molecule has 1 heterocycles. The van der Waals surface area contributed by atoms with Crippen molar-refractivity contribution in [2.75, 3.05) is 13.2 Å². The molecule has 0 unspecified atom stereocenters. The van der Waals surface area contributed by atoms with Crippen molar-refractivity contribution in [3.63, 3.8) is 0 Å². The van der Waals surface area contributed by atoms with Gasteiger partial charge in [-0.1, -0.05) is 25.1 Å². The Kier molecular flexibility index (Phi) is 6.22. The molecule has 6 heteroatoms. The largest absolute Gasteiger partial charge is 0.805 e. The van der Waals surface area contributed by atoms with E-state index in [4.69, 9.17) is 9.47 Å². The zero-order valence-corrected chi connectivity index (χ0v) is 17.3. The van der Waals surface area contributed by atoms with Crippen molar-refractivity contribution in [1.29, 1.82) is 0 Å². The van der Waals surface area contributed by atoms with Crippen LogP contribution in [-0.4, -0.2) is 17.9 Å². The molecule has 3 rings (SSSR count). The maximum atomic E-state index is 13.6. The van der Waals surface area contributed by atoms with E-state index in [0.29, 0.717) is 59.3 Å². The Morgan fingerprint density at radius 3 is 2.28 bits per heavy atom. The number of hydrogen-bond acceptors (Lipinski definition) is 4. The zero-order valence-electron chi connectivity index (χ0n) is 17.3. The molecule has 0 saturated heterocycles. The van der Waals surface area contributed by atoms with E-state index in [2.05, 4.69) is 0 Å². The molecule has 0 aliphatic carbocycles. The van der Waals surface area contributed by atoms with Crippen LogP contribution in [0.2, 0.25) is 0 Å². The van der Waals surface area contributed by atoms with E-state index in [1.165, 1.54) is 0 Å². The summed E-state index contributed by atoms with van der Waals surface area (Å²) in [5, 5.41) is 13.1. The molecule has 3 aromatic rings. The van der Waals surface area contributed by atoms with E-state index in [-0.39, 0.29) is 5.69 Å². The lowest BCUT2D eigenvalue weighted by atomic mass is 10.0. The SMILES string of the molecule is CCOc1ccc(OCC)c(-c2c(C)n([O-])c(CC)c(-c3ccccc3)[n+]2=O)c1. The normalized spacial score (nSPS) is 10.8. The summed E-state index contributed by atoms with van der Waals surface area (Å²) in [7, 11) is 0. The lowest BCUT2D eigenvalue weighted by molar-refractivity contribution is -0.471. The summed E-state index contributed by atoms with van der Waals surface area (Å²) in [5.41, 5.74) is 2.62. The second-order valence-corrected chi connectivity index (χ2v) is 6.56. The van der Waals surface area contributed by atoms with Crippen LogP contribution in [0.15, 0.2) is 48.5 Å². The fraction of sp³-hybridized carbons (Fsp3) is 0.304. The number of nitrogens with zero attached hydrogens (tertiary/aromatic N) is 2. The summed E-state index contributed by atoms with van der Waals surface area (Å²) < 4.78 is 13.1. The Balaban J connectivity index is 2.38. The first kappa shape index (κ1) is 20.5. The molecular weight excluding hydrogens is 368 g/mol. The van der Waals surface area contributed by atoms with Crippen LogP contribution in [0.4, 0.5) is 0 Å². The van der Waals surface area contributed by atoms with Gasteiger partial charge in [0, 0.05) is 4.91 Å². The van der Waals surface area contributed by atoms with Crippen molar-refractivity contribution in [3.8, 4) is 34.0 Å². The molecule has 0 atom stereocenters. The van der Waals surface area contributed by atoms with Gasteiger partial charge in [0.1, 0.15) is 11.5 Å². The number of ether oxygens (including phenoxy) is 2. The standard InChI is InChI=1S/C23H26N2O4/c1-5-20-23(17-11-9-8-10-12-17)25(27)22(16(4)24(20)26)19-15-18(28-6-2)13-14-21(19)29-7-3/h8-15H,5-7H2,1-4H3. The zero-order chi connectivity index (χ0) is 21.0. The van der Waals surface area contributed by atoms with Gasteiger partial charge < -0.3 is 19.4 Å². The molecule has 0 aliphatic rings. The van der Waals surface area contributed by atoms with Crippen LogP contribution in [0.3, 0.4) is 0 Å². The van der Waals surface area contributed by atoms with Crippen molar-refractivity contribution in [3.05, 3.63) is 70.0 Å². The van der Waals surface area contributed by atoms with Gasteiger partial charge >= 0.3 is 0 Å². The quantitative estimate of drug-likeness (QED) is 0.542. The van der Waals surface area contributed by atoms with Crippen molar-refractivity contribution >= 4 is 0 Å². The first-order valence-corrected chi connectivity index (χ1v) is 9.87. The first-order valence-electron chi connectivity index (χ1n) is 9.87. The van der Waals surface area contributed by atoms with E-state index >= 15 is 0 Å². The van der Waals surface area contributed by atoms with Gasteiger partial charge in [-0.3, -0.25) is 0 Å².